The van der Waals surface area contributed by atoms with Gasteiger partial charge in [-0.1, -0.05) is 31.2 Å². The molecule has 0 atom stereocenters. The van der Waals surface area contributed by atoms with Gasteiger partial charge < -0.3 is 0 Å². The van der Waals surface area contributed by atoms with Gasteiger partial charge in [-0.25, -0.2) is 9.69 Å². The molecular formula is C20H15N3O3. The normalized spacial score (nSPS) is 15.8. The van der Waals surface area contributed by atoms with Crippen molar-refractivity contribution in [1.29, 1.82) is 5.26 Å². The summed E-state index contributed by atoms with van der Waals surface area (Å²) in [5.74, 6) is -1.43. The van der Waals surface area contributed by atoms with Crippen LogP contribution in [0, 0.1) is 11.3 Å². The fraction of sp³-hybridized carbons (Fsp3) is 0.100. The van der Waals surface area contributed by atoms with Crippen molar-refractivity contribution >= 4 is 29.6 Å². The number of rotatable bonds is 3. The zero-order valence-corrected chi connectivity index (χ0v) is 14.0. The number of nitrogens with one attached hydrogen (secondary N) is 1. The second kappa shape index (κ2) is 7.03. The highest BCUT2D eigenvalue weighted by molar-refractivity contribution is 6.39. The van der Waals surface area contributed by atoms with Crippen LogP contribution in [-0.2, 0) is 16.0 Å². The molecule has 4 amide bonds. The molecule has 0 spiro atoms. The van der Waals surface area contributed by atoms with Crippen molar-refractivity contribution < 1.29 is 14.4 Å². The van der Waals surface area contributed by atoms with Crippen LogP contribution in [0.1, 0.15) is 23.6 Å². The molecule has 26 heavy (non-hydrogen) atoms. The molecule has 1 N–H and O–H groups in total. The van der Waals surface area contributed by atoms with E-state index in [1.54, 1.807) is 36.4 Å². The topological polar surface area (TPSA) is 90.3 Å². The Morgan fingerprint density at radius 2 is 1.69 bits per heavy atom. The summed E-state index contributed by atoms with van der Waals surface area (Å²) in [6, 6.07) is 14.7. The van der Waals surface area contributed by atoms with E-state index in [4.69, 9.17) is 5.26 Å². The summed E-state index contributed by atoms with van der Waals surface area (Å²) in [4.78, 5) is 38.0. The standard InChI is InChI=1S/C20H15N3O3/c1-2-13-7-9-16(10-8-13)23-19(25)17(18(24)22-20(23)26)11-14-3-5-15(12-21)6-4-14/h3-11H,2H2,1H3,(H,22,24,26)/b17-11-. The number of hydrogen-bond acceptors (Lipinski definition) is 4. The molecule has 3 rings (SSSR count). The van der Waals surface area contributed by atoms with E-state index in [2.05, 4.69) is 5.32 Å². The van der Waals surface area contributed by atoms with Gasteiger partial charge >= 0.3 is 6.03 Å². The van der Waals surface area contributed by atoms with E-state index >= 15 is 0 Å². The lowest BCUT2D eigenvalue weighted by atomic mass is 10.1. The van der Waals surface area contributed by atoms with Crippen molar-refractivity contribution in [3.8, 4) is 6.07 Å². The van der Waals surface area contributed by atoms with E-state index in [-0.39, 0.29) is 5.57 Å². The van der Waals surface area contributed by atoms with Crippen LogP contribution < -0.4 is 10.2 Å². The Bertz CT molecular complexity index is 951. The predicted molar refractivity (Wildman–Crippen MR) is 96.0 cm³/mol. The van der Waals surface area contributed by atoms with Gasteiger partial charge in [0.1, 0.15) is 5.57 Å². The largest absolute Gasteiger partial charge is 0.335 e. The first-order valence-electron chi connectivity index (χ1n) is 8.04. The Labute approximate surface area is 150 Å². The molecule has 1 heterocycles. The van der Waals surface area contributed by atoms with Gasteiger partial charge in [0, 0.05) is 0 Å². The van der Waals surface area contributed by atoms with Crippen molar-refractivity contribution in [2.45, 2.75) is 13.3 Å². The molecule has 1 fully saturated rings. The number of anilines is 1. The van der Waals surface area contributed by atoms with E-state index in [0.717, 1.165) is 16.9 Å². The van der Waals surface area contributed by atoms with Crippen LogP contribution >= 0.6 is 0 Å². The second-order valence-electron chi connectivity index (χ2n) is 5.71. The number of benzene rings is 2. The Hall–Kier alpha value is -3.72. The first kappa shape index (κ1) is 17.1. The van der Waals surface area contributed by atoms with Crippen molar-refractivity contribution in [2.24, 2.45) is 0 Å². The minimum atomic E-state index is -0.777. The van der Waals surface area contributed by atoms with Gasteiger partial charge in [0.25, 0.3) is 11.8 Å². The van der Waals surface area contributed by atoms with Gasteiger partial charge in [0.05, 0.1) is 17.3 Å². The molecule has 0 radical (unpaired) electrons. The van der Waals surface area contributed by atoms with Gasteiger partial charge in [-0.2, -0.15) is 5.26 Å². The fourth-order valence-corrected chi connectivity index (χ4v) is 2.59. The highest BCUT2D eigenvalue weighted by Crippen LogP contribution is 2.22. The molecule has 1 aliphatic rings. The van der Waals surface area contributed by atoms with E-state index < -0.39 is 17.8 Å². The van der Waals surface area contributed by atoms with Crippen LogP contribution in [0.25, 0.3) is 6.08 Å². The highest BCUT2D eigenvalue weighted by Gasteiger charge is 2.36. The monoisotopic (exact) mass is 345 g/mol. The molecule has 0 bridgehead atoms. The number of amides is 4. The highest BCUT2D eigenvalue weighted by atomic mass is 16.2. The number of imide groups is 2. The summed E-state index contributed by atoms with van der Waals surface area (Å²) in [6.07, 6.45) is 2.24. The molecule has 2 aromatic carbocycles. The summed E-state index contributed by atoms with van der Waals surface area (Å²) < 4.78 is 0. The van der Waals surface area contributed by atoms with Crippen LogP contribution in [0.3, 0.4) is 0 Å². The SMILES string of the molecule is CCc1ccc(N2C(=O)NC(=O)/C(=C/c3ccc(C#N)cc3)C2=O)cc1. The summed E-state index contributed by atoms with van der Waals surface area (Å²) >= 11 is 0. The summed E-state index contributed by atoms with van der Waals surface area (Å²) in [5, 5.41) is 11.0. The number of nitrogens with zero attached hydrogens (tertiary/aromatic N) is 2. The quantitative estimate of drug-likeness (QED) is 0.684. The lowest BCUT2D eigenvalue weighted by Gasteiger charge is -2.26. The molecule has 0 aliphatic carbocycles. The molecule has 0 saturated carbocycles. The molecule has 1 aliphatic heterocycles. The van der Waals surface area contributed by atoms with Crippen molar-refractivity contribution in [1.82, 2.24) is 5.32 Å². The van der Waals surface area contributed by atoms with Crippen LogP contribution in [0.4, 0.5) is 10.5 Å². The maximum absolute atomic E-state index is 12.8. The predicted octanol–water partition coefficient (Wildman–Crippen LogP) is 2.79. The fourth-order valence-electron chi connectivity index (χ4n) is 2.59. The van der Waals surface area contributed by atoms with Crippen molar-refractivity contribution in [3.05, 3.63) is 70.8 Å². The number of urea groups is 1. The van der Waals surface area contributed by atoms with Gasteiger partial charge in [0.15, 0.2) is 0 Å². The number of barbiturate groups is 1. The second-order valence-corrected chi connectivity index (χ2v) is 5.71. The lowest BCUT2D eigenvalue weighted by molar-refractivity contribution is -0.122. The number of carbonyl (C=O) groups is 3. The van der Waals surface area contributed by atoms with E-state index in [1.807, 2.05) is 25.1 Å². The maximum Gasteiger partial charge on any atom is 0.335 e. The van der Waals surface area contributed by atoms with Gasteiger partial charge in [0.2, 0.25) is 0 Å². The third-order valence-corrected chi connectivity index (χ3v) is 4.06. The molecule has 128 valence electrons. The van der Waals surface area contributed by atoms with Crippen molar-refractivity contribution in [3.63, 3.8) is 0 Å². The molecule has 6 nitrogen and oxygen atoms in total. The Kier molecular flexibility index (Phi) is 4.63. The number of aryl methyl sites for hydroxylation is 1. The zero-order valence-electron chi connectivity index (χ0n) is 14.0. The lowest BCUT2D eigenvalue weighted by Crippen LogP contribution is -2.54. The average Bonchev–Trinajstić information content (AvgIpc) is 2.66. The Balaban J connectivity index is 1.96. The van der Waals surface area contributed by atoms with Gasteiger partial charge in [-0.3, -0.25) is 14.9 Å². The van der Waals surface area contributed by atoms with Crippen LogP contribution in [0.5, 0.6) is 0 Å². The van der Waals surface area contributed by atoms with E-state index in [0.29, 0.717) is 16.8 Å². The summed E-state index contributed by atoms with van der Waals surface area (Å²) in [6.45, 7) is 2.00. The third kappa shape index (κ3) is 3.23. The average molecular weight is 345 g/mol. The van der Waals surface area contributed by atoms with Gasteiger partial charge in [-0.15, -0.1) is 0 Å². The van der Waals surface area contributed by atoms with Crippen molar-refractivity contribution in [2.75, 3.05) is 4.90 Å². The van der Waals surface area contributed by atoms with Gasteiger partial charge in [-0.05, 0) is 47.9 Å². The Morgan fingerprint density at radius 1 is 1.04 bits per heavy atom. The summed E-state index contributed by atoms with van der Waals surface area (Å²) in [7, 11) is 0. The minimum Gasteiger partial charge on any atom is -0.273 e. The van der Waals surface area contributed by atoms with Crippen LogP contribution in [0.2, 0.25) is 0 Å². The zero-order chi connectivity index (χ0) is 18.7. The molecule has 1 saturated heterocycles. The maximum atomic E-state index is 12.8. The Morgan fingerprint density at radius 3 is 2.27 bits per heavy atom. The summed E-state index contributed by atoms with van der Waals surface area (Å²) in [5.41, 5.74) is 2.37. The number of hydrogen-bond donors (Lipinski definition) is 1. The smallest absolute Gasteiger partial charge is 0.273 e. The van der Waals surface area contributed by atoms with Crippen LogP contribution in [-0.4, -0.2) is 17.8 Å². The molecular weight excluding hydrogens is 330 g/mol. The van der Waals surface area contributed by atoms with E-state index in [1.165, 1.54) is 6.08 Å². The molecule has 0 unspecified atom stereocenters. The molecule has 0 aromatic heterocycles. The molecule has 6 heteroatoms. The minimum absolute atomic E-state index is 0.145. The third-order valence-electron chi connectivity index (χ3n) is 4.06. The first-order chi connectivity index (χ1) is 12.5. The number of carbonyl (C=O) groups excluding carboxylic acids is 3. The first-order valence-corrected chi connectivity index (χ1v) is 8.04. The number of nitriles is 1. The van der Waals surface area contributed by atoms with E-state index in [9.17, 15) is 14.4 Å². The molecule has 2 aromatic rings. The van der Waals surface area contributed by atoms with Crippen LogP contribution in [0.15, 0.2) is 54.1 Å².